The van der Waals surface area contributed by atoms with Gasteiger partial charge in [-0.15, -0.1) is 0 Å². The molecule has 0 radical (unpaired) electrons. The number of benzene rings is 2. The highest BCUT2D eigenvalue weighted by molar-refractivity contribution is 6.31. The molecule has 1 N–H and O–H groups in total. The number of fused-ring (bicyclic) bond motifs is 1. The molecule has 1 fully saturated rings. The fraction of sp³-hybridized carbons (Fsp3) is 0.348. The molecule has 6 nitrogen and oxygen atoms in total. The zero-order valence-electron chi connectivity index (χ0n) is 17.2. The number of amides is 1. The van der Waals surface area contributed by atoms with Gasteiger partial charge in [0.1, 0.15) is 0 Å². The lowest BCUT2D eigenvalue weighted by molar-refractivity contribution is 0.102. The van der Waals surface area contributed by atoms with Gasteiger partial charge in [-0.3, -0.25) is 9.59 Å². The zero-order chi connectivity index (χ0) is 21.3. The van der Waals surface area contributed by atoms with Crippen LogP contribution in [0.3, 0.4) is 0 Å². The Kier molecular flexibility index (Phi) is 5.77. The monoisotopic (exact) mass is 424 g/mol. The Morgan fingerprint density at radius 3 is 2.53 bits per heavy atom. The highest BCUT2D eigenvalue weighted by atomic mass is 35.5. The fourth-order valence-corrected chi connectivity index (χ4v) is 4.07. The first-order chi connectivity index (χ1) is 14.4. The molecule has 3 aromatic rings. The molecular weight excluding hydrogens is 400 g/mol. The van der Waals surface area contributed by atoms with Gasteiger partial charge < -0.3 is 10.2 Å². The molecule has 7 heteroatoms. The molecule has 1 saturated heterocycles. The lowest BCUT2D eigenvalue weighted by Crippen LogP contribution is -2.29. The van der Waals surface area contributed by atoms with Crippen LogP contribution in [0.1, 0.15) is 37.2 Å². The largest absolute Gasteiger partial charge is 0.370 e. The van der Waals surface area contributed by atoms with E-state index < -0.39 is 0 Å². The van der Waals surface area contributed by atoms with Crippen molar-refractivity contribution in [1.82, 2.24) is 9.78 Å². The van der Waals surface area contributed by atoms with Crippen LogP contribution in [0, 0.1) is 5.92 Å². The van der Waals surface area contributed by atoms with E-state index in [9.17, 15) is 9.59 Å². The lowest BCUT2D eigenvalue weighted by atomic mass is 10.1. The average molecular weight is 425 g/mol. The molecule has 0 saturated carbocycles. The number of carbonyl (C=O) groups excluding carboxylic acids is 1. The summed E-state index contributed by atoms with van der Waals surface area (Å²) in [6.07, 6.45) is 2.25. The summed E-state index contributed by atoms with van der Waals surface area (Å²) in [7, 11) is 0. The van der Waals surface area contributed by atoms with Crippen molar-refractivity contribution >= 4 is 39.7 Å². The molecule has 2 aromatic carbocycles. The number of rotatable bonds is 5. The van der Waals surface area contributed by atoms with E-state index in [0.29, 0.717) is 28.0 Å². The maximum absolute atomic E-state index is 13.3. The summed E-state index contributed by atoms with van der Waals surface area (Å²) in [6, 6.07) is 12.6. The number of halogens is 1. The molecule has 2 heterocycles. The third-order valence-electron chi connectivity index (χ3n) is 5.27. The minimum absolute atomic E-state index is 0.184. The second-order valence-electron chi connectivity index (χ2n) is 8.09. The normalized spacial score (nSPS) is 13.9. The van der Waals surface area contributed by atoms with Crippen molar-refractivity contribution in [2.75, 3.05) is 23.3 Å². The summed E-state index contributed by atoms with van der Waals surface area (Å²) in [5.41, 5.74) is 1.65. The third kappa shape index (κ3) is 4.05. The first-order valence-electron chi connectivity index (χ1n) is 10.3. The Balaban J connectivity index is 1.77. The molecule has 1 amide bonds. The van der Waals surface area contributed by atoms with Crippen LogP contribution in [0.25, 0.3) is 10.8 Å². The van der Waals surface area contributed by atoms with Crippen molar-refractivity contribution in [3.63, 3.8) is 0 Å². The minimum Gasteiger partial charge on any atom is -0.370 e. The Labute approximate surface area is 180 Å². The van der Waals surface area contributed by atoms with Crippen molar-refractivity contribution in [3.05, 3.63) is 63.5 Å². The van der Waals surface area contributed by atoms with Gasteiger partial charge >= 0.3 is 0 Å². The highest BCUT2D eigenvalue weighted by Gasteiger charge is 2.21. The quantitative estimate of drug-likeness (QED) is 0.652. The number of carbonyl (C=O) groups is 1. The van der Waals surface area contributed by atoms with E-state index in [2.05, 4.69) is 15.3 Å². The summed E-state index contributed by atoms with van der Waals surface area (Å²) in [5, 5.41) is 9.01. The maximum Gasteiger partial charge on any atom is 0.276 e. The Hall–Kier alpha value is -2.86. The fourth-order valence-electron chi connectivity index (χ4n) is 3.90. The second-order valence-corrected chi connectivity index (χ2v) is 8.52. The van der Waals surface area contributed by atoms with Gasteiger partial charge in [0.15, 0.2) is 5.69 Å². The van der Waals surface area contributed by atoms with Crippen LogP contribution in [-0.2, 0) is 6.54 Å². The second kappa shape index (κ2) is 8.48. The number of nitrogens with zero attached hydrogens (tertiary/aromatic N) is 3. The van der Waals surface area contributed by atoms with Gasteiger partial charge in [0.25, 0.3) is 11.5 Å². The maximum atomic E-state index is 13.3. The number of hydrogen-bond donors (Lipinski definition) is 1. The van der Waals surface area contributed by atoms with Crippen LogP contribution in [0.4, 0.5) is 11.4 Å². The molecule has 0 bridgehead atoms. The number of aromatic nitrogens is 2. The van der Waals surface area contributed by atoms with Crippen LogP contribution < -0.4 is 15.8 Å². The summed E-state index contributed by atoms with van der Waals surface area (Å²) < 4.78 is 1.39. The van der Waals surface area contributed by atoms with Gasteiger partial charge in [-0.05, 0) is 43.0 Å². The van der Waals surface area contributed by atoms with E-state index in [1.165, 1.54) is 4.68 Å². The molecule has 1 aromatic heterocycles. The summed E-state index contributed by atoms with van der Waals surface area (Å²) in [6.45, 7) is 6.37. The van der Waals surface area contributed by atoms with E-state index >= 15 is 0 Å². The molecule has 4 rings (SSSR count). The van der Waals surface area contributed by atoms with Crippen molar-refractivity contribution in [2.24, 2.45) is 5.92 Å². The summed E-state index contributed by atoms with van der Waals surface area (Å²) >= 11 is 6.22. The first kappa shape index (κ1) is 20.4. The predicted octanol–water partition coefficient (Wildman–Crippen LogP) is 4.56. The molecule has 0 atom stereocenters. The van der Waals surface area contributed by atoms with Crippen LogP contribution in [-0.4, -0.2) is 28.8 Å². The van der Waals surface area contributed by atoms with Crippen molar-refractivity contribution in [3.8, 4) is 0 Å². The zero-order valence-corrected chi connectivity index (χ0v) is 17.9. The number of hydrogen-bond acceptors (Lipinski definition) is 4. The van der Waals surface area contributed by atoms with Crippen LogP contribution >= 0.6 is 11.6 Å². The Bertz CT molecular complexity index is 1150. The SMILES string of the molecule is CC(C)Cn1nc(C(=O)Nc2cc(Cl)ccc2N2CCCC2)c2ccccc2c1=O. The third-order valence-corrected chi connectivity index (χ3v) is 5.51. The number of nitrogens with one attached hydrogen (secondary N) is 1. The van der Waals surface area contributed by atoms with E-state index in [0.717, 1.165) is 31.6 Å². The van der Waals surface area contributed by atoms with Crippen molar-refractivity contribution in [2.45, 2.75) is 33.2 Å². The lowest BCUT2D eigenvalue weighted by Gasteiger charge is -2.22. The van der Waals surface area contributed by atoms with Gasteiger partial charge in [0.05, 0.1) is 16.8 Å². The smallest absolute Gasteiger partial charge is 0.276 e. The molecule has 0 unspecified atom stereocenters. The van der Waals surface area contributed by atoms with Crippen LogP contribution in [0.5, 0.6) is 0 Å². The van der Waals surface area contributed by atoms with Gasteiger partial charge in [0, 0.05) is 30.0 Å². The molecule has 0 spiro atoms. The Morgan fingerprint density at radius 2 is 1.83 bits per heavy atom. The van der Waals surface area contributed by atoms with E-state index in [1.807, 2.05) is 32.0 Å². The summed E-state index contributed by atoms with van der Waals surface area (Å²) in [4.78, 5) is 28.4. The van der Waals surface area contributed by atoms with Crippen molar-refractivity contribution < 1.29 is 4.79 Å². The van der Waals surface area contributed by atoms with Gasteiger partial charge in [0.2, 0.25) is 0 Å². The molecule has 0 aliphatic carbocycles. The van der Waals surface area contributed by atoms with Crippen LogP contribution in [0.15, 0.2) is 47.3 Å². The van der Waals surface area contributed by atoms with Gasteiger partial charge in [-0.25, -0.2) is 4.68 Å². The highest BCUT2D eigenvalue weighted by Crippen LogP contribution is 2.32. The topological polar surface area (TPSA) is 67.2 Å². The molecular formula is C23H25ClN4O2. The van der Waals surface area contributed by atoms with E-state index in [-0.39, 0.29) is 23.1 Å². The predicted molar refractivity (Wildman–Crippen MR) is 122 cm³/mol. The molecule has 1 aliphatic heterocycles. The molecule has 30 heavy (non-hydrogen) atoms. The number of anilines is 2. The molecule has 1 aliphatic rings. The van der Waals surface area contributed by atoms with Crippen LogP contribution in [0.2, 0.25) is 5.02 Å². The van der Waals surface area contributed by atoms with E-state index in [1.54, 1.807) is 24.3 Å². The summed E-state index contributed by atoms with van der Waals surface area (Å²) in [5.74, 6) is -0.131. The standard InChI is InChI=1S/C23H25ClN4O2/c1-15(2)14-28-23(30)18-8-4-3-7-17(18)21(26-28)22(29)25-19-13-16(24)9-10-20(19)27-11-5-6-12-27/h3-4,7-10,13,15H,5-6,11-12,14H2,1-2H3,(H,25,29). The Morgan fingerprint density at radius 1 is 1.13 bits per heavy atom. The van der Waals surface area contributed by atoms with Gasteiger partial charge in [-0.2, -0.15) is 5.10 Å². The van der Waals surface area contributed by atoms with Crippen molar-refractivity contribution in [1.29, 1.82) is 0 Å². The average Bonchev–Trinajstić information content (AvgIpc) is 3.24. The van der Waals surface area contributed by atoms with E-state index in [4.69, 9.17) is 11.6 Å². The van der Waals surface area contributed by atoms with Gasteiger partial charge in [-0.1, -0.05) is 43.6 Å². The first-order valence-corrected chi connectivity index (χ1v) is 10.7. The molecule has 156 valence electrons. The minimum atomic E-state index is -0.355.